The number of hydrogen-bond donors (Lipinski definition) is 2. The van der Waals surface area contributed by atoms with Gasteiger partial charge in [0.25, 0.3) is 5.91 Å². The molecule has 1 amide bonds. The van der Waals surface area contributed by atoms with Crippen LogP contribution in [0.5, 0.6) is 5.88 Å². The van der Waals surface area contributed by atoms with Crippen LogP contribution in [0.2, 0.25) is 5.02 Å². The molecule has 0 aliphatic carbocycles. The highest BCUT2D eigenvalue weighted by atomic mass is 35.5. The number of methoxy groups -OCH3 is 1. The van der Waals surface area contributed by atoms with Crippen LogP contribution in [0.1, 0.15) is 10.4 Å². The molecule has 0 aliphatic heterocycles. The SMILES string of the molecule is COc1ccc(NC(=O)c2ccc(Cl)c(-c3ccc(N([O-])O)cc3)c2)cn1. The van der Waals surface area contributed by atoms with E-state index in [0.717, 1.165) is 0 Å². The Labute approximate surface area is 160 Å². The molecule has 0 radical (unpaired) electrons. The molecule has 2 N–H and O–H groups in total. The maximum absolute atomic E-state index is 12.5. The summed E-state index contributed by atoms with van der Waals surface area (Å²) in [5.74, 6) is 0.127. The zero-order valence-electron chi connectivity index (χ0n) is 14.2. The Morgan fingerprint density at radius 3 is 2.52 bits per heavy atom. The molecular weight excluding hydrogens is 370 g/mol. The Kier molecular flexibility index (Phi) is 5.56. The number of ether oxygens (including phenoxy) is 1. The second kappa shape index (κ2) is 8.05. The Balaban J connectivity index is 1.84. The zero-order valence-corrected chi connectivity index (χ0v) is 15.0. The zero-order chi connectivity index (χ0) is 19.4. The van der Waals surface area contributed by atoms with Crippen LogP contribution in [0.4, 0.5) is 11.4 Å². The first-order valence-electron chi connectivity index (χ1n) is 7.85. The highest BCUT2D eigenvalue weighted by Gasteiger charge is 2.11. The van der Waals surface area contributed by atoms with Gasteiger partial charge in [-0.3, -0.25) is 10.0 Å². The van der Waals surface area contributed by atoms with Gasteiger partial charge < -0.3 is 20.5 Å². The number of nitrogens with zero attached hydrogens (tertiary/aromatic N) is 2. The van der Waals surface area contributed by atoms with E-state index in [2.05, 4.69) is 10.3 Å². The van der Waals surface area contributed by atoms with Crippen LogP contribution in [0.15, 0.2) is 60.8 Å². The second-order valence-electron chi connectivity index (χ2n) is 5.56. The van der Waals surface area contributed by atoms with Crippen molar-refractivity contribution in [3.63, 3.8) is 0 Å². The first-order valence-corrected chi connectivity index (χ1v) is 8.23. The van der Waals surface area contributed by atoms with Crippen LogP contribution in [-0.2, 0) is 0 Å². The summed E-state index contributed by atoms with van der Waals surface area (Å²) < 4.78 is 4.98. The molecule has 0 unspecified atom stereocenters. The highest BCUT2D eigenvalue weighted by Crippen LogP contribution is 2.30. The third-order valence-electron chi connectivity index (χ3n) is 3.83. The molecule has 0 saturated carbocycles. The fourth-order valence-electron chi connectivity index (χ4n) is 2.43. The van der Waals surface area contributed by atoms with Crippen molar-refractivity contribution in [2.75, 3.05) is 17.7 Å². The predicted molar refractivity (Wildman–Crippen MR) is 103 cm³/mol. The Hall–Kier alpha value is -3.13. The van der Waals surface area contributed by atoms with Crippen molar-refractivity contribution in [1.82, 2.24) is 4.98 Å². The average Bonchev–Trinajstić information content (AvgIpc) is 2.69. The molecule has 2 aromatic carbocycles. The summed E-state index contributed by atoms with van der Waals surface area (Å²) in [5, 5.41) is 22.8. The van der Waals surface area contributed by atoms with Gasteiger partial charge in [0.05, 0.1) is 24.7 Å². The third kappa shape index (κ3) is 4.35. The van der Waals surface area contributed by atoms with Crippen LogP contribution in [0, 0.1) is 5.21 Å². The van der Waals surface area contributed by atoms with E-state index in [1.807, 2.05) is 0 Å². The number of hydrogen-bond acceptors (Lipinski definition) is 6. The molecule has 0 saturated heterocycles. The average molecular weight is 385 g/mol. The smallest absolute Gasteiger partial charge is 0.255 e. The van der Waals surface area contributed by atoms with Gasteiger partial charge in [-0.2, -0.15) is 0 Å². The Morgan fingerprint density at radius 2 is 1.93 bits per heavy atom. The maximum atomic E-state index is 12.5. The number of carbonyl (C=O) groups is 1. The summed E-state index contributed by atoms with van der Waals surface area (Å²) in [6.45, 7) is 0. The van der Waals surface area contributed by atoms with Gasteiger partial charge in [0.15, 0.2) is 0 Å². The van der Waals surface area contributed by atoms with Crippen LogP contribution in [-0.4, -0.2) is 23.2 Å². The van der Waals surface area contributed by atoms with Gasteiger partial charge in [-0.1, -0.05) is 23.7 Å². The minimum absolute atomic E-state index is 0.0933. The number of amides is 1. The van der Waals surface area contributed by atoms with Gasteiger partial charge in [-0.05, 0) is 42.0 Å². The molecule has 0 fully saturated rings. The highest BCUT2D eigenvalue weighted by molar-refractivity contribution is 6.33. The molecule has 0 bridgehead atoms. The standard InChI is InChI=1S/C19H15ClN3O4/c1-27-18-9-5-14(11-21-18)22-19(24)13-4-8-17(20)16(10-13)12-2-6-15(7-3-12)23(25)26/h2-11,25H,1H3,(H,22,24)/q-1. The van der Waals surface area contributed by atoms with Gasteiger partial charge >= 0.3 is 0 Å². The van der Waals surface area contributed by atoms with Crippen molar-refractivity contribution in [3.8, 4) is 17.0 Å². The quantitative estimate of drug-likeness (QED) is 0.634. The first kappa shape index (κ1) is 18.7. The number of pyridine rings is 1. The van der Waals surface area contributed by atoms with Crippen molar-refractivity contribution >= 4 is 28.9 Å². The summed E-state index contributed by atoms with van der Waals surface area (Å²) in [4.78, 5) is 16.6. The Bertz CT molecular complexity index is 944. The van der Waals surface area contributed by atoms with Crippen molar-refractivity contribution < 1.29 is 14.7 Å². The molecule has 0 aliphatic rings. The largest absolute Gasteiger partial charge is 0.733 e. The molecule has 1 heterocycles. The van der Waals surface area contributed by atoms with E-state index in [1.165, 1.54) is 25.4 Å². The molecule has 0 spiro atoms. The van der Waals surface area contributed by atoms with E-state index in [0.29, 0.717) is 33.3 Å². The lowest BCUT2D eigenvalue weighted by Crippen LogP contribution is -2.12. The van der Waals surface area contributed by atoms with Gasteiger partial charge in [0.1, 0.15) is 0 Å². The van der Waals surface area contributed by atoms with Gasteiger partial charge in [-0.15, -0.1) is 0 Å². The van der Waals surface area contributed by atoms with E-state index >= 15 is 0 Å². The number of nitrogens with one attached hydrogen (secondary N) is 1. The van der Waals surface area contributed by atoms with E-state index in [-0.39, 0.29) is 16.8 Å². The summed E-state index contributed by atoms with van der Waals surface area (Å²) in [7, 11) is 1.51. The number of halogens is 1. The van der Waals surface area contributed by atoms with Crippen LogP contribution >= 0.6 is 11.6 Å². The molecule has 138 valence electrons. The van der Waals surface area contributed by atoms with Crippen LogP contribution in [0.25, 0.3) is 11.1 Å². The number of benzene rings is 2. The minimum atomic E-state index is -0.322. The van der Waals surface area contributed by atoms with E-state index in [1.54, 1.807) is 42.5 Å². The summed E-state index contributed by atoms with van der Waals surface area (Å²) >= 11 is 6.25. The number of anilines is 2. The van der Waals surface area contributed by atoms with Crippen molar-refractivity contribution in [1.29, 1.82) is 0 Å². The number of carbonyl (C=O) groups excluding carboxylic acids is 1. The molecule has 8 heteroatoms. The van der Waals surface area contributed by atoms with Gasteiger partial charge in [0.2, 0.25) is 5.88 Å². The first-order chi connectivity index (χ1) is 13.0. The van der Waals surface area contributed by atoms with Crippen LogP contribution < -0.4 is 15.3 Å². The van der Waals surface area contributed by atoms with Crippen molar-refractivity contribution in [2.24, 2.45) is 0 Å². The second-order valence-corrected chi connectivity index (χ2v) is 5.96. The maximum Gasteiger partial charge on any atom is 0.255 e. The lowest BCUT2D eigenvalue weighted by molar-refractivity contribution is 0.102. The predicted octanol–water partition coefficient (Wildman–Crippen LogP) is 4.36. The molecule has 7 nitrogen and oxygen atoms in total. The van der Waals surface area contributed by atoms with Crippen LogP contribution in [0.3, 0.4) is 0 Å². The van der Waals surface area contributed by atoms with E-state index < -0.39 is 0 Å². The minimum Gasteiger partial charge on any atom is -0.733 e. The molecular formula is C19H15ClN3O4-. The molecule has 0 atom stereocenters. The van der Waals surface area contributed by atoms with Gasteiger partial charge in [-0.25, -0.2) is 4.98 Å². The van der Waals surface area contributed by atoms with Gasteiger partial charge in [0, 0.05) is 22.2 Å². The van der Waals surface area contributed by atoms with Crippen molar-refractivity contribution in [3.05, 3.63) is 76.6 Å². The lowest BCUT2D eigenvalue weighted by Gasteiger charge is -2.21. The fraction of sp³-hybridized carbons (Fsp3) is 0.0526. The summed E-state index contributed by atoms with van der Waals surface area (Å²) in [6, 6.07) is 14.4. The number of rotatable bonds is 5. The molecule has 1 aromatic heterocycles. The summed E-state index contributed by atoms with van der Waals surface area (Å²) in [6.07, 6.45) is 1.50. The monoisotopic (exact) mass is 384 g/mol. The fourth-order valence-corrected chi connectivity index (χ4v) is 2.66. The molecule has 3 rings (SSSR count). The molecule has 3 aromatic rings. The Morgan fingerprint density at radius 1 is 1.19 bits per heavy atom. The van der Waals surface area contributed by atoms with Crippen molar-refractivity contribution in [2.45, 2.75) is 0 Å². The summed E-state index contributed by atoms with van der Waals surface area (Å²) in [5.41, 5.74) is 2.35. The number of aromatic nitrogens is 1. The third-order valence-corrected chi connectivity index (χ3v) is 4.16. The van der Waals surface area contributed by atoms with E-state index in [4.69, 9.17) is 21.5 Å². The topological polar surface area (TPSA) is 97.8 Å². The van der Waals surface area contributed by atoms with E-state index in [9.17, 15) is 10.0 Å². The molecule has 27 heavy (non-hydrogen) atoms. The normalized spacial score (nSPS) is 10.4. The lowest BCUT2D eigenvalue weighted by atomic mass is 10.0.